The highest BCUT2D eigenvalue weighted by molar-refractivity contribution is 6.16. The van der Waals surface area contributed by atoms with Gasteiger partial charge in [-0.1, -0.05) is 48.5 Å². The molecule has 43 heavy (non-hydrogen) atoms. The van der Waals surface area contributed by atoms with E-state index in [2.05, 4.69) is 5.32 Å². The fourth-order valence-corrected chi connectivity index (χ4v) is 4.86. The third-order valence-corrected chi connectivity index (χ3v) is 7.21. The number of allylic oxidation sites excluding steroid dienone is 1. The van der Waals surface area contributed by atoms with Gasteiger partial charge in [-0.15, -0.1) is 0 Å². The summed E-state index contributed by atoms with van der Waals surface area (Å²) in [6.45, 7) is 3.87. The fraction of sp³-hybridized carbons (Fsp3) is 0.265. The molecule has 0 fully saturated rings. The molecule has 0 radical (unpaired) electrons. The summed E-state index contributed by atoms with van der Waals surface area (Å²) in [6.07, 6.45) is 2.20. The number of nitrogens with zero attached hydrogens (tertiary/aromatic N) is 1. The van der Waals surface area contributed by atoms with Crippen molar-refractivity contribution in [2.24, 2.45) is 0 Å². The van der Waals surface area contributed by atoms with Crippen molar-refractivity contribution in [3.8, 4) is 17.2 Å². The van der Waals surface area contributed by atoms with Crippen LogP contribution < -0.4 is 19.5 Å². The normalized spacial score (nSPS) is 14.5. The van der Waals surface area contributed by atoms with Crippen LogP contribution in [0.15, 0.2) is 89.6 Å². The van der Waals surface area contributed by atoms with Crippen molar-refractivity contribution in [2.45, 2.75) is 26.3 Å². The van der Waals surface area contributed by atoms with Crippen LogP contribution in [-0.4, -0.2) is 57.2 Å². The number of carbonyl (C=O) groups is 3. The molecule has 3 aromatic rings. The van der Waals surface area contributed by atoms with Crippen molar-refractivity contribution in [1.29, 1.82) is 0 Å². The standard InChI is InChI=1S/C34H36N2O7/c1-22(26-9-7-6-8-10-26)35-31(37)21-43-27-14-11-24(12-15-27)19-28-32(34(39)42-5)23(2)36(33(28)38)18-17-25-13-16-29(40-3)30(20-25)41-4/h6-16,19-20,22H,17-18,21H2,1-5H3,(H,35,37)/b28-19-/t22-/m1/s1. The second kappa shape index (κ2) is 14.2. The Morgan fingerprint density at radius 2 is 1.63 bits per heavy atom. The topological polar surface area (TPSA) is 103 Å². The summed E-state index contributed by atoms with van der Waals surface area (Å²) in [4.78, 5) is 40.2. The van der Waals surface area contributed by atoms with Crippen LogP contribution in [0.4, 0.5) is 0 Å². The highest BCUT2D eigenvalue weighted by atomic mass is 16.5. The number of esters is 1. The van der Waals surface area contributed by atoms with Crippen LogP contribution in [0.1, 0.15) is 36.6 Å². The summed E-state index contributed by atoms with van der Waals surface area (Å²) in [7, 11) is 4.44. The number of hydrogen-bond acceptors (Lipinski definition) is 7. The molecule has 0 saturated heterocycles. The van der Waals surface area contributed by atoms with E-state index in [4.69, 9.17) is 18.9 Å². The summed E-state index contributed by atoms with van der Waals surface area (Å²) in [5.74, 6) is 0.611. The van der Waals surface area contributed by atoms with E-state index in [0.29, 0.717) is 41.5 Å². The Bertz CT molecular complexity index is 1530. The molecule has 1 aliphatic rings. The molecule has 4 rings (SSSR count). The monoisotopic (exact) mass is 584 g/mol. The van der Waals surface area contributed by atoms with Crippen LogP contribution in [-0.2, 0) is 25.5 Å². The van der Waals surface area contributed by atoms with Crippen molar-refractivity contribution in [3.05, 3.63) is 106 Å². The molecule has 1 N–H and O–H groups in total. The lowest BCUT2D eigenvalue weighted by Gasteiger charge is -2.18. The summed E-state index contributed by atoms with van der Waals surface area (Å²) < 4.78 is 21.4. The molecular weight excluding hydrogens is 548 g/mol. The van der Waals surface area contributed by atoms with Crippen molar-refractivity contribution in [1.82, 2.24) is 10.2 Å². The lowest BCUT2D eigenvalue weighted by atomic mass is 10.0. The van der Waals surface area contributed by atoms with Gasteiger partial charge in [-0.3, -0.25) is 9.59 Å². The first-order valence-electron chi connectivity index (χ1n) is 13.9. The Balaban J connectivity index is 1.43. The Kier molecular flexibility index (Phi) is 10.2. The molecule has 3 aromatic carbocycles. The molecule has 0 spiro atoms. The minimum absolute atomic E-state index is 0.139. The lowest BCUT2D eigenvalue weighted by Crippen LogP contribution is -2.31. The minimum Gasteiger partial charge on any atom is -0.493 e. The maximum absolute atomic E-state index is 13.5. The minimum atomic E-state index is -0.582. The molecule has 224 valence electrons. The number of carbonyl (C=O) groups excluding carboxylic acids is 3. The van der Waals surface area contributed by atoms with Crippen LogP contribution in [0.5, 0.6) is 17.2 Å². The molecule has 0 saturated carbocycles. The first kappa shape index (κ1) is 30.9. The van der Waals surface area contributed by atoms with E-state index in [1.165, 1.54) is 7.11 Å². The maximum atomic E-state index is 13.5. The number of rotatable bonds is 12. The van der Waals surface area contributed by atoms with Gasteiger partial charge < -0.3 is 29.2 Å². The molecule has 0 aromatic heterocycles. The number of hydrogen-bond donors (Lipinski definition) is 1. The van der Waals surface area contributed by atoms with Gasteiger partial charge in [-0.25, -0.2) is 4.79 Å². The predicted molar refractivity (Wildman–Crippen MR) is 163 cm³/mol. The highest BCUT2D eigenvalue weighted by Crippen LogP contribution is 2.33. The molecule has 2 amide bonds. The van der Waals surface area contributed by atoms with Crippen LogP contribution in [0, 0.1) is 0 Å². The largest absolute Gasteiger partial charge is 0.493 e. The first-order chi connectivity index (χ1) is 20.7. The summed E-state index contributed by atoms with van der Waals surface area (Å²) in [6, 6.07) is 22.1. The number of benzene rings is 3. The van der Waals surface area contributed by atoms with Crippen molar-refractivity contribution in [3.63, 3.8) is 0 Å². The van der Waals surface area contributed by atoms with E-state index in [-0.39, 0.29) is 35.6 Å². The zero-order valence-corrected chi connectivity index (χ0v) is 25.0. The average Bonchev–Trinajstić information content (AvgIpc) is 3.26. The van der Waals surface area contributed by atoms with Crippen molar-refractivity contribution >= 4 is 23.9 Å². The van der Waals surface area contributed by atoms with Gasteiger partial charge in [0, 0.05) is 12.2 Å². The SMILES string of the molecule is COC(=O)C1=C(C)N(CCc2ccc(OC)c(OC)c2)C(=O)/C1=C\c1ccc(OCC(=O)N[C@H](C)c2ccccc2)cc1. The second-order valence-electron chi connectivity index (χ2n) is 9.96. The molecular formula is C34H36N2O7. The fourth-order valence-electron chi connectivity index (χ4n) is 4.86. The summed E-state index contributed by atoms with van der Waals surface area (Å²) in [5.41, 5.74) is 3.65. The second-order valence-corrected chi connectivity index (χ2v) is 9.96. The number of nitrogens with one attached hydrogen (secondary N) is 1. The van der Waals surface area contributed by atoms with Crippen LogP contribution in [0.25, 0.3) is 6.08 Å². The van der Waals surface area contributed by atoms with E-state index in [0.717, 1.165) is 11.1 Å². The Hall–Kier alpha value is -5.05. The van der Waals surface area contributed by atoms with Gasteiger partial charge in [0.15, 0.2) is 18.1 Å². The summed E-state index contributed by atoms with van der Waals surface area (Å²) in [5, 5.41) is 2.92. The molecule has 9 nitrogen and oxygen atoms in total. The smallest absolute Gasteiger partial charge is 0.340 e. The van der Waals surface area contributed by atoms with Gasteiger partial charge in [0.25, 0.3) is 11.8 Å². The molecule has 1 atom stereocenters. The average molecular weight is 585 g/mol. The maximum Gasteiger partial charge on any atom is 0.340 e. The third-order valence-electron chi connectivity index (χ3n) is 7.21. The molecule has 1 aliphatic heterocycles. The zero-order valence-electron chi connectivity index (χ0n) is 25.0. The van der Waals surface area contributed by atoms with Gasteiger partial charge >= 0.3 is 5.97 Å². The molecule has 0 bridgehead atoms. The Labute approximate surface area is 251 Å². The van der Waals surface area contributed by atoms with Gasteiger partial charge in [-0.05, 0) is 67.3 Å². The van der Waals surface area contributed by atoms with Crippen LogP contribution in [0.2, 0.25) is 0 Å². The quantitative estimate of drug-likeness (QED) is 0.239. The number of amides is 2. The van der Waals surface area contributed by atoms with Gasteiger partial charge in [-0.2, -0.15) is 0 Å². The molecule has 0 unspecified atom stereocenters. The van der Waals surface area contributed by atoms with Crippen molar-refractivity contribution < 1.29 is 33.3 Å². The van der Waals surface area contributed by atoms with E-state index in [1.807, 2.05) is 55.5 Å². The van der Waals surface area contributed by atoms with Gasteiger partial charge in [0.2, 0.25) is 0 Å². The van der Waals surface area contributed by atoms with Crippen molar-refractivity contribution in [2.75, 3.05) is 34.5 Å². The van der Waals surface area contributed by atoms with Gasteiger partial charge in [0.05, 0.1) is 38.5 Å². The van der Waals surface area contributed by atoms with E-state index in [9.17, 15) is 14.4 Å². The first-order valence-corrected chi connectivity index (χ1v) is 13.9. The number of methoxy groups -OCH3 is 3. The molecule has 0 aliphatic carbocycles. The van der Waals surface area contributed by atoms with Crippen LogP contribution >= 0.6 is 0 Å². The lowest BCUT2D eigenvalue weighted by molar-refractivity contribution is -0.136. The number of ether oxygens (including phenoxy) is 4. The molecule has 9 heteroatoms. The predicted octanol–water partition coefficient (Wildman–Crippen LogP) is 4.88. The Morgan fingerprint density at radius 3 is 2.28 bits per heavy atom. The highest BCUT2D eigenvalue weighted by Gasteiger charge is 2.36. The van der Waals surface area contributed by atoms with E-state index >= 15 is 0 Å². The molecule has 1 heterocycles. The van der Waals surface area contributed by atoms with Gasteiger partial charge in [0.1, 0.15) is 5.75 Å². The summed E-state index contributed by atoms with van der Waals surface area (Å²) >= 11 is 0. The Morgan fingerprint density at radius 1 is 0.930 bits per heavy atom. The van der Waals surface area contributed by atoms with E-state index in [1.54, 1.807) is 56.4 Å². The zero-order chi connectivity index (χ0) is 30.9. The van der Waals surface area contributed by atoms with E-state index < -0.39 is 5.97 Å². The third kappa shape index (κ3) is 7.43. The van der Waals surface area contributed by atoms with Crippen LogP contribution in [0.3, 0.4) is 0 Å².